The van der Waals surface area contributed by atoms with Gasteiger partial charge in [0.05, 0.1) is 0 Å². The quantitative estimate of drug-likeness (QED) is 0.557. The summed E-state index contributed by atoms with van der Waals surface area (Å²) in [7, 11) is -4.20. The molecule has 0 spiro atoms. The van der Waals surface area contributed by atoms with Crippen LogP contribution in [0.1, 0.15) is 26.7 Å². The molecule has 0 heterocycles. The molecule has 2 unspecified atom stereocenters. The van der Waals surface area contributed by atoms with Crippen molar-refractivity contribution in [3.63, 3.8) is 0 Å². The molecule has 0 N–H and O–H groups in total. The van der Waals surface area contributed by atoms with Crippen LogP contribution < -0.4 is 9.79 Å². The molecule has 80 valence electrons. The van der Waals surface area contributed by atoms with Gasteiger partial charge in [0.25, 0.3) is 0 Å². The molecule has 7 heteroatoms. The monoisotopic (exact) mass is 254 g/mol. The van der Waals surface area contributed by atoms with Crippen LogP contribution in [0.4, 0.5) is 0 Å². The summed E-state index contributed by atoms with van der Waals surface area (Å²) in [6, 6.07) is 0. The van der Waals surface area contributed by atoms with Gasteiger partial charge in [0, 0.05) is 0 Å². The van der Waals surface area contributed by atoms with E-state index in [1.165, 1.54) is 0 Å². The first-order chi connectivity index (χ1) is 6.54. The average molecular weight is 254 g/mol. The van der Waals surface area contributed by atoms with E-state index >= 15 is 0 Å². The molecular formula is C7H17AlO4P2+2. The van der Waals surface area contributed by atoms with Gasteiger partial charge in [-0.3, -0.25) is 0 Å². The molecule has 14 heavy (non-hydrogen) atoms. The third-order valence-electron chi connectivity index (χ3n) is 0.812. The maximum atomic E-state index is 9.64. The zero-order chi connectivity index (χ0) is 12.0. The van der Waals surface area contributed by atoms with Crippen molar-refractivity contribution < 1.29 is 18.9 Å². The van der Waals surface area contributed by atoms with Gasteiger partial charge in [-0.05, 0) is 12.8 Å². The molecule has 0 fully saturated rings. The summed E-state index contributed by atoms with van der Waals surface area (Å²) in [5.74, 6) is 1.92. The first kappa shape index (κ1) is 20.1. The molecule has 0 aromatic rings. The maximum absolute atomic E-state index is 9.64. The van der Waals surface area contributed by atoms with Gasteiger partial charge < -0.3 is 9.79 Å². The summed E-state index contributed by atoms with van der Waals surface area (Å²) in [4.78, 5) is 19.3. The second kappa shape index (κ2) is 19.3. The fraction of sp³-hybridized carbons (Fsp3) is 1.00. The van der Waals surface area contributed by atoms with E-state index in [1.807, 2.05) is 19.6 Å². The van der Waals surface area contributed by atoms with E-state index < -0.39 is 16.1 Å². The molecule has 0 amide bonds. The molecule has 0 rings (SSSR count). The van der Waals surface area contributed by atoms with Crippen LogP contribution in [0.3, 0.4) is 0 Å². The van der Waals surface area contributed by atoms with Crippen LogP contribution in [0.25, 0.3) is 0 Å². The molecule has 4 nitrogen and oxygen atoms in total. The van der Waals surface area contributed by atoms with Crippen LogP contribution in [-0.2, 0) is 9.13 Å². The molecule has 0 aliphatic rings. The Morgan fingerprint density at radius 2 is 1.14 bits per heavy atom. The Morgan fingerprint density at radius 1 is 0.929 bits per heavy atom. The molecule has 0 aromatic heterocycles. The third-order valence-corrected chi connectivity index (χ3v) is 2.44. The van der Waals surface area contributed by atoms with Crippen molar-refractivity contribution in [1.82, 2.24) is 0 Å². The average Bonchev–Trinajstić information content (AvgIpc) is 2.08. The van der Waals surface area contributed by atoms with Crippen LogP contribution in [0, 0.1) is 0 Å². The van der Waals surface area contributed by atoms with Gasteiger partial charge >= 0.3 is 38.1 Å². The van der Waals surface area contributed by atoms with E-state index in [0.717, 1.165) is 12.8 Å². The van der Waals surface area contributed by atoms with Crippen molar-refractivity contribution in [3.05, 3.63) is 0 Å². The van der Waals surface area contributed by atoms with E-state index in [-0.39, 0.29) is 0 Å². The van der Waals surface area contributed by atoms with Crippen LogP contribution in [0.2, 0.25) is 5.79 Å². The topological polar surface area (TPSA) is 80.3 Å². The standard InChI is InChI=1S/2C3H7O2P.CH3.Al/c2*1-2-3-6(4)5;;/h2*2-3H2,1H3;1H3;/q;;;+2. The molecule has 0 aromatic carbocycles. The van der Waals surface area contributed by atoms with E-state index in [0.29, 0.717) is 12.3 Å². The van der Waals surface area contributed by atoms with Gasteiger partial charge in [0.2, 0.25) is 0 Å². The summed E-state index contributed by atoms with van der Waals surface area (Å²) in [5.41, 5.74) is 0. The Morgan fingerprint density at radius 3 is 1.14 bits per heavy atom. The fourth-order valence-electron chi connectivity index (χ4n) is 0.365. The summed E-state index contributed by atoms with van der Waals surface area (Å²) in [6.45, 7) is 3.68. The van der Waals surface area contributed by atoms with Crippen LogP contribution in [0.5, 0.6) is 0 Å². The molecule has 2 atom stereocenters. The van der Waals surface area contributed by atoms with Crippen molar-refractivity contribution in [3.8, 4) is 0 Å². The second-order valence-corrected chi connectivity index (χ2v) is 4.34. The summed E-state index contributed by atoms with van der Waals surface area (Å²) >= 11 is 2.42. The third kappa shape index (κ3) is 38.8. The van der Waals surface area contributed by atoms with E-state index in [9.17, 15) is 18.9 Å². The Labute approximate surface area is 96.3 Å². The van der Waals surface area contributed by atoms with Crippen molar-refractivity contribution in [2.45, 2.75) is 32.5 Å². The van der Waals surface area contributed by atoms with Gasteiger partial charge in [0.1, 0.15) is 12.3 Å². The fourth-order valence-corrected chi connectivity index (χ4v) is 1.10. The van der Waals surface area contributed by atoms with E-state index in [2.05, 4.69) is 16.3 Å². The zero-order valence-electron chi connectivity index (χ0n) is 8.93. The molecule has 0 radical (unpaired) electrons. The predicted octanol–water partition coefficient (Wildman–Crippen LogP) is 1.20. The molecular weight excluding hydrogens is 237 g/mol. The van der Waals surface area contributed by atoms with Gasteiger partial charge in [-0.15, -0.1) is 0 Å². The Hall–Kier alpha value is 0.652. The second-order valence-electron chi connectivity index (χ2n) is 2.11. The number of rotatable bonds is 4. The first-order valence-corrected chi connectivity index (χ1v) is 8.23. The van der Waals surface area contributed by atoms with Crippen molar-refractivity contribution >= 4 is 32.3 Å². The molecule has 0 bridgehead atoms. The Kier molecular flexibility index (Phi) is 27.7. The summed E-state index contributed by atoms with van der Waals surface area (Å²) in [6.07, 6.45) is 2.13. The van der Waals surface area contributed by atoms with Crippen molar-refractivity contribution in [2.24, 2.45) is 0 Å². The molecule has 0 aliphatic carbocycles. The van der Waals surface area contributed by atoms with Crippen molar-refractivity contribution in [1.29, 1.82) is 0 Å². The number of hydrogen-bond donors (Lipinski definition) is 0. The van der Waals surface area contributed by atoms with Crippen molar-refractivity contribution in [2.75, 3.05) is 12.3 Å². The first-order valence-electron chi connectivity index (χ1n) is 4.35. The SMILES string of the molecule is CCC[P+](=O)[O-].CCC[P+](=O)[O-].[CH3][Al+2]. The summed E-state index contributed by atoms with van der Waals surface area (Å²) < 4.78 is 19.3. The van der Waals surface area contributed by atoms with Crippen LogP contribution in [0.15, 0.2) is 0 Å². The van der Waals surface area contributed by atoms with E-state index in [4.69, 9.17) is 0 Å². The van der Waals surface area contributed by atoms with Crippen LogP contribution in [-0.4, -0.2) is 28.6 Å². The minimum absolute atomic E-state index is 0.329. The molecule has 0 saturated heterocycles. The zero-order valence-corrected chi connectivity index (χ0v) is 11.9. The summed E-state index contributed by atoms with van der Waals surface area (Å²) in [5, 5.41) is 0. The molecule has 0 saturated carbocycles. The minimum atomic E-state index is -2.10. The van der Waals surface area contributed by atoms with E-state index in [1.54, 1.807) is 0 Å². The van der Waals surface area contributed by atoms with Crippen LogP contribution >= 0.6 is 16.1 Å². The van der Waals surface area contributed by atoms with Gasteiger partial charge in [-0.25, -0.2) is 0 Å². The number of hydrogen-bond acceptors (Lipinski definition) is 4. The Bertz CT molecular complexity index is 128. The Balaban J connectivity index is -0.000000147. The van der Waals surface area contributed by atoms with Gasteiger partial charge in [-0.1, -0.05) is 23.0 Å². The normalized spacial score (nSPS) is 10.2. The molecule has 0 aliphatic heterocycles. The van der Waals surface area contributed by atoms with Gasteiger partial charge in [-0.2, -0.15) is 0 Å². The predicted molar refractivity (Wildman–Crippen MR) is 57.1 cm³/mol. The van der Waals surface area contributed by atoms with Gasteiger partial charge in [0.15, 0.2) is 0 Å².